The molecule has 1 aromatic carbocycles. The van der Waals surface area contributed by atoms with Crippen molar-refractivity contribution in [2.45, 2.75) is 32.4 Å². The zero-order chi connectivity index (χ0) is 18.8. The summed E-state index contributed by atoms with van der Waals surface area (Å²) in [4.78, 5) is 22.9. The molecule has 9 heteroatoms. The molecule has 0 amide bonds. The lowest BCUT2D eigenvalue weighted by atomic mass is 10.0. The van der Waals surface area contributed by atoms with Crippen LogP contribution >= 0.6 is 0 Å². The normalized spacial score (nSPS) is 16.8. The Morgan fingerprint density at radius 3 is 3.00 bits per heavy atom. The van der Waals surface area contributed by atoms with Gasteiger partial charge in [0.2, 0.25) is 11.6 Å². The second-order valence-electron chi connectivity index (χ2n) is 6.61. The number of aliphatic hydroxyl groups is 1. The van der Waals surface area contributed by atoms with Crippen molar-refractivity contribution in [3.63, 3.8) is 0 Å². The molecule has 1 saturated heterocycles. The van der Waals surface area contributed by atoms with Crippen LogP contribution in [0.3, 0.4) is 0 Å². The van der Waals surface area contributed by atoms with Crippen LogP contribution in [-0.4, -0.2) is 55.5 Å². The van der Waals surface area contributed by atoms with Crippen LogP contribution in [0, 0.1) is 0 Å². The van der Waals surface area contributed by atoms with E-state index in [0.717, 1.165) is 24.9 Å². The molecule has 4 rings (SSSR count). The van der Waals surface area contributed by atoms with Crippen LogP contribution in [-0.2, 0) is 6.54 Å². The number of nitrogens with zero attached hydrogens (tertiary/aromatic N) is 5. The highest BCUT2D eigenvalue weighted by Crippen LogP contribution is 2.26. The summed E-state index contributed by atoms with van der Waals surface area (Å²) < 4.78 is 0. The number of nitrogens with one attached hydrogen (secondary N) is 2. The Hall–Kier alpha value is -3.07. The van der Waals surface area contributed by atoms with Crippen molar-refractivity contribution >= 4 is 28.7 Å². The maximum atomic E-state index is 11.8. The van der Waals surface area contributed by atoms with Crippen LogP contribution in [0.5, 0.6) is 0 Å². The van der Waals surface area contributed by atoms with E-state index in [-0.39, 0.29) is 18.4 Å². The number of carbonyl (C=O) groups excluding carboxylic acids is 1. The van der Waals surface area contributed by atoms with E-state index in [9.17, 15) is 9.90 Å². The molecule has 0 bridgehead atoms. The summed E-state index contributed by atoms with van der Waals surface area (Å²) in [6, 6.07) is 7.49. The number of benzene rings is 1. The van der Waals surface area contributed by atoms with Gasteiger partial charge in [0.05, 0.1) is 12.6 Å². The van der Waals surface area contributed by atoms with E-state index in [0.29, 0.717) is 35.0 Å². The van der Waals surface area contributed by atoms with Crippen molar-refractivity contribution in [1.29, 1.82) is 0 Å². The van der Waals surface area contributed by atoms with Crippen molar-refractivity contribution in [3.8, 4) is 0 Å². The SMILES string of the molecule is CC(=O)c1ccccc1CNc1nc(N2CCC[C@@H]2CO)nc2n[nH]nc12. The lowest BCUT2D eigenvalue weighted by Gasteiger charge is -2.23. The second kappa shape index (κ2) is 7.28. The predicted octanol–water partition coefficient (Wildman–Crippen LogP) is 1.52. The van der Waals surface area contributed by atoms with Crippen molar-refractivity contribution in [2.24, 2.45) is 0 Å². The van der Waals surface area contributed by atoms with Crippen LogP contribution in [0.2, 0.25) is 0 Å². The third-order valence-electron chi connectivity index (χ3n) is 4.86. The third-order valence-corrected chi connectivity index (χ3v) is 4.86. The van der Waals surface area contributed by atoms with E-state index in [2.05, 4.69) is 30.7 Å². The second-order valence-corrected chi connectivity index (χ2v) is 6.61. The number of anilines is 2. The van der Waals surface area contributed by atoms with Crippen LogP contribution < -0.4 is 10.2 Å². The molecule has 27 heavy (non-hydrogen) atoms. The molecule has 1 aliphatic heterocycles. The molecule has 3 aromatic rings. The van der Waals surface area contributed by atoms with Gasteiger partial charge >= 0.3 is 0 Å². The Balaban J connectivity index is 1.65. The zero-order valence-corrected chi connectivity index (χ0v) is 15.0. The summed E-state index contributed by atoms with van der Waals surface area (Å²) in [6.07, 6.45) is 1.89. The molecule has 3 heterocycles. The fourth-order valence-corrected chi connectivity index (χ4v) is 3.47. The minimum atomic E-state index is 0.0145. The fraction of sp³-hybridized carbons (Fsp3) is 0.389. The van der Waals surface area contributed by atoms with E-state index >= 15 is 0 Å². The number of fused-ring (bicyclic) bond motifs is 1. The number of aromatic amines is 1. The van der Waals surface area contributed by atoms with Gasteiger partial charge in [0.15, 0.2) is 17.1 Å². The Kier molecular flexibility index (Phi) is 4.68. The molecule has 3 N–H and O–H groups in total. The van der Waals surface area contributed by atoms with Gasteiger partial charge < -0.3 is 15.3 Å². The van der Waals surface area contributed by atoms with Gasteiger partial charge in [0.25, 0.3) is 0 Å². The molecular formula is C18H21N7O2. The lowest BCUT2D eigenvalue weighted by molar-refractivity contribution is 0.101. The number of Topliss-reactive ketones (excluding diaryl/α,β-unsaturated/α-hetero) is 1. The summed E-state index contributed by atoms with van der Waals surface area (Å²) in [7, 11) is 0. The van der Waals surface area contributed by atoms with Gasteiger partial charge in [-0.1, -0.05) is 24.3 Å². The Morgan fingerprint density at radius 2 is 2.19 bits per heavy atom. The summed E-state index contributed by atoms with van der Waals surface area (Å²) in [6.45, 7) is 2.84. The standard InChI is InChI=1S/C18H21N7O2/c1-11(27)14-7-3-2-5-12(14)9-19-16-15-17(23-24-22-15)21-18(20-16)25-8-4-6-13(25)10-26/h2-3,5,7,13,26H,4,6,8-10H2,1H3,(H2,19,20,21,22,23,24)/t13-/m1/s1. The highest BCUT2D eigenvalue weighted by molar-refractivity contribution is 5.95. The van der Waals surface area contributed by atoms with Gasteiger partial charge in [-0.3, -0.25) is 4.79 Å². The number of hydrogen-bond donors (Lipinski definition) is 3. The van der Waals surface area contributed by atoms with E-state index in [4.69, 9.17) is 0 Å². The first kappa shape index (κ1) is 17.3. The number of aromatic nitrogens is 5. The number of ketones is 1. The highest BCUT2D eigenvalue weighted by atomic mass is 16.3. The quantitative estimate of drug-likeness (QED) is 0.561. The lowest BCUT2D eigenvalue weighted by Crippen LogP contribution is -2.33. The average Bonchev–Trinajstić information content (AvgIpc) is 3.34. The Bertz CT molecular complexity index is 971. The van der Waals surface area contributed by atoms with Gasteiger partial charge in [-0.25, -0.2) is 0 Å². The minimum Gasteiger partial charge on any atom is -0.394 e. The molecule has 0 aliphatic carbocycles. The minimum absolute atomic E-state index is 0.0145. The average molecular weight is 367 g/mol. The molecule has 140 valence electrons. The van der Waals surface area contributed by atoms with E-state index in [1.54, 1.807) is 6.92 Å². The van der Waals surface area contributed by atoms with Crippen molar-refractivity contribution in [2.75, 3.05) is 23.4 Å². The van der Waals surface area contributed by atoms with Crippen LogP contribution in [0.4, 0.5) is 11.8 Å². The van der Waals surface area contributed by atoms with Crippen LogP contribution in [0.15, 0.2) is 24.3 Å². The van der Waals surface area contributed by atoms with Gasteiger partial charge in [-0.05, 0) is 25.3 Å². The molecule has 0 unspecified atom stereocenters. The molecule has 9 nitrogen and oxygen atoms in total. The van der Waals surface area contributed by atoms with Gasteiger partial charge in [-0.2, -0.15) is 20.3 Å². The van der Waals surface area contributed by atoms with Crippen molar-refractivity contribution in [3.05, 3.63) is 35.4 Å². The molecule has 0 saturated carbocycles. The van der Waals surface area contributed by atoms with E-state index < -0.39 is 0 Å². The summed E-state index contributed by atoms with van der Waals surface area (Å²) in [5.74, 6) is 1.09. The summed E-state index contributed by atoms with van der Waals surface area (Å²) in [5.41, 5.74) is 2.57. The number of carbonyl (C=O) groups is 1. The Labute approximate surface area is 155 Å². The number of H-pyrrole nitrogens is 1. The van der Waals surface area contributed by atoms with E-state index in [1.807, 2.05) is 29.2 Å². The van der Waals surface area contributed by atoms with Gasteiger partial charge in [0.1, 0.15) is 0 Å². The molecule has 1 aliphatic rings. The number of aliphatic hydroxyl groups excluding tert-OH is 1. The predicted molar refractivity (Wildman–Crippen MR) is 101 cm³/mol. The maximum absolute atomic E-state index is 11.8. The van der Waals surface area contributed by atoms with Crippen molar-refractivity contribution < 1.29 is 9.90 Å². The Morgan fingerprint density at radius 1 is 1.33 bits per heavy atom. The van der Waals surface area contributed by atoms with Crippen LogP contribution in [0.25, 0.3) is 11.2 Å². The largest absolute Gasteiger partial charge is 0.394 e. The van der Waals surface area contributed by atoms with E-state index in [1.165, 1.54) is 0 Å². The fourth-order valence-electron chi connectivity index (χ4n) is 3.47. The highest BCUT2D eigenvalue weighted by Gasteiger charge is 2.27. The first-order valence-corrected chi connectivity index (χ1v) is 8.96. The summed E-state index contributed by atoms with van der Waals surface area (Å²) in [5, 5.41) is 23.7. The summed E-state index contributed by atoms with van der Waals surface area (Å²) >= 11 is 0. The maximum Gasteiger partial charge on any atom is 0.229 e. The monoisotopic (exact) mass is 367 g/mol. The molecule has 0 spiro atoms. The molecule has 2 aromatic heterocycles. The number of hydrogen-bond acceptors (Lipinski definition) is 8. The third kappa shape index (κ3) is 3.33. The van der Waals surface area contributed by atoms with Gasteiger partial charge in [-0.15, -0.1) is 5.10 Å². The topological polar surface area (TPSA) is 120 Å². The van der Waals surface area contributed by atoms with Gasteiger partial charge in [0, 0.05) is 18.7 Å². The first-order chi connectivity index (χ1) is 13.2. The zero-order valence-electron chi connectivity index (χ0n) is 15.0. The molecule has 1 fully saturated rings. The molecule has 1 atom stereocenters. The first-order valence-electron chi connectivity index (χ1n) is 8.96. The smallest absolute Gasteiger partial charge is 0.229 e. The molecule has 0 radical (unpaired) electrons. The van der Waals surface area contributed by atoms with Crippen LogP contribution in [0.1, 0.15) is 35.7 Å². The number of rotatable bonds is 6. The molecular weight excluding hydrogens is 346 g/mol. The van der Waals surface area contributed by atoms with Crippen molar-refractivity contribution in [1.82, 2.24) is 25.4 Å².